The molecule has 1 amide bonds. The summed E-state index contributed by atoms with van der Waals surface area (Å²) in [7, 11) is 1.88. The van der Waals surface area contributed by atoms with Crippen LogP contribution in [-0.2, 0) is 17.8 Å². The molecule has 124 valence electrons. The van der Waals surface area contributed by atoms with Crippen LogP contribution < -0.4 is 5.56 Å². The van der Waals surface area contributed by atoms with E-state index in [9.17, 15) is 9.59 Å². The van der Waals surface area contributed by atoms with E-state index in [-0.39, 0.29) is 17.4 Å². The third-order valence-corrected chi connectivity index (χ3v) is 5.56. The van der Waals surface area contributed by atoms with Gasteiger partial charge in [-0.1, -0.05) is 30.3 Å². The summed E-state index contributed by atoms with van der Waals surface area (Å²) in [6.45, 7) is 1.42. The molecule has 0 spiro atoms. The minimum absolute atomic E-state index is 0.112. The van der Waals surface area contributed by atoms with Crippen LogP contribution in [-0.4, -0.2) is 29.0 Å². The Kier molecular flexibility index (Phi) is 3.75. The van der Waals surface area contributed by atoms with Crippen LogP contribution in [0.4, 0.5) is 0 Å². The molecule has 0 bridgehead atoms. The standard InChI is InChI=1S/C20H22N2O2/c1-21-13-15-7-8-17-16(18(15)11-19(21)23)9-10-22(20(17)24)12-14-5-3-2-4-6-14/h2-6,9-10,15,18H,7-8,11-13H2,1H3/t15-,18-/m0/s1. The lowest BCUT2D eigenvalue weighted by Gasteiger charge is -2.40. The van der Waals surface area contributed by atoms with E-state index in [1.165, 1.54) is 0 Å². The monoisotopic (exact) mass is 322 g/mol. The van der Waals surface area contributed by atoms with E-state index >= 15 is 0 Å². The number of piperidine rings is 1. The molecule has 1 fully saturated rings. The molecule has 2 aromatic rings. The maximum absolute atomic E-state index is 12.9. The molecule has 0 N–H and O–H groups in total. The Balaban J connectivity index is 1.68. The lowest BCUT2D eigenvalue weighted by atomic mass is 9.72. The van der Waals surface area contributed by atoms with Crippen LogP contribution in [0.1, 0.15) is 35.4 Å². The van der Waals surface area contributed by atoms with E-state index in [1.54, 1.807) is 4.57 Å². The van der Waals surface area contributed by atoms with Crippen LogP contribution in [0.2, 0.25) is 0 Å². The van der Waals surface area contributed by atoms with Gasteiger partial charge in [-0.05, 0) is 41.9 Å². The maximum Gasteiger partial charge on any atom is 0.254 e. The van der Waals surface area contributed by atoms with Crippen molar-refractivity contribution >= 4 is 5.91 Å². The van der Waals surface area contributed by atoms with E-state index in [2.05, 4.69) is 6.07 Å². The first-order chi connectivity index (χ1) is 11.6. The van der Waals surface area contributed by atoms with E-state index in [0.717, 1.165) is 36.1 Å². The smallest absolute Gasteiger partial charge is 0.254 e. The predicted octanol–water partition coefficient (Wildman–Crippen LogP) is 2.40. The number of aromatic nitrogens is 1. The van der Waals surface area contributed by atoms with Crippen molar-refractivity contribution in [2.45, 2.75) is 31.7 Å². The number of nitrogens with zero attached hydrogens (tertiary/aromatic N) is 2. The minimum atomic E-state index is 0.112. The number of rotatable bonds is 2. The number of hydrogen-bond donors (Lipinski definition) is 0. The number of benzene rings is 1. The second-order valence-electron chi connectivity index (χ2n) is 7.05. The van der Waals surface area contributed by atoms with E-state index in [4.69, 9.17) is 0 Å². The molecule has 2 atom stereocenters. The molecular weight excluding hydrogens is 300 g/mol. The van der Waals surface area contributed by atoms with Crippen LogP contribution in [0.5, 0.6) is 0 Å². The summed E-state index contributed by atoms with van der Waals surface area (Å²) in [6, 6.07) is 12.1. The highest BCUT2D eigenvalue weighted by molar-refractivity contribution is 5.78. The molecule has 2 heterocycles. The zero-order valence-electron chi connectivity index (χ0n) is 13.9. The number of fused-ring (bicyclic) bond motifs is 3. The van der Waals surface area contributed by atoms with Crippen molar-refractivity contribution in [3.05, 3.63) is 69.6 Å². The Morgan fingerprint density at radius 1 is 1.12 bits per heavy atom. The van der Waals surface area contributed by atoms with Gasteiger partial charge in [0.1, 0.15) is 0 Å². The zero-order chi connectivity index (χ0) is 16.7. The first-order valence-corrected chi connectivity index (χ1v) is 8.63. The summed E-state index contributed by atoms with van der Waals surface area (Å²) in [5, 5.41) is 0. The summed E-state index contributed by atoms with van der Waals surface area (Å²) in [5.41, 5.74) is 3.28. The minimum Gasteiger partial charge on any atom is -0.345 e. The summed E-state index contributed by atoms with van der Waals surface area (Å²) in [4.78, 5) is 26.8. The number of amides is 1. The van der Waals surface area contributed by atoms with Gasteiger partial charge in [-0.3, -0.25) is 9.59 Å². The number of hydrogen-bond acceptors (Lipinski definition) is 2. The third kappa shape index (κ3) is 2.56. The molecule has 4 heteroatoms. The van der Waals surface area contributed by atoms with Gasteiger partial charge in [0.2, 0.25) is 5.91 Å². The average Bonchev–Trinajstić information content (AvgIpc) is 2.59. The van der Waals surface area contributed by atoms with E-state index < -0.39 is 0 Å². The molecule has 4 rings (SSSR count). The van der Waals surface area contributed by atoms with Crippen molar-refractivity contribution in [3.8, 4) is 0 Å². The average molecular weight is 322 g/mol. The van der Waals surface area contributed by atoms with Gasteiger partial charge in [-0.2, -0.15) is 0 Å². The Labute approximate surface area is 141 Å². The summed E-state index contributed by atoms with van der Waals surface area (Å²) in [6.07, 6.45) is 4.27. The molecule has 24 heavy (non-hydrogen) atoms. The Morgan fingerprint density at radius 2 is 1.92 bits per heavy atom. The van der Waals surface area contributed by atoms with Crippen LogP contribution >= 0.6 is 0 Å². The van der Waals surface area contributed by atoms with Gasteiger partial charge in [-0.25, -0.2) is 0 Å². The predicted molar refractivity (Wildman–Crippen MR) is 93.1 cm³/mol. The maximum atomic E-state index is 12.9. The molecule has 1 saturated heterocycles. The third-order valence-electron chi connectivity index (χ3n) is 5.56. The van der Waals surface area contributed by atoms with Gasteiger partial charge >= 0.3 is 0 Å². The second kappa shape index (κ2) is 5.93. The van der Waals surface area contributed by atoms with Crippen LogP contribution in [0, 0.1) is 5.92 Å². The first kappa shape index (κ1) is 15.2. The van der Waals surface area contributed by atoms with Crippen molar-refractivity contribution in [2.24, 2.45) is 5.92 Å². The van der Waals surface area contributed by atoms with E-state index in [0.29, 0.717) is 18.9 Å². The van der Waals surface area contributed by atoms with Crippen molar-refractivity contribution in [1.29, 1.82) is 0 Å². The lowest BCUT2D eigenvalue weighted by Crippen LogP contribution is -2.44. The van der Waals surface area contributed by atoms with Crippen molar-refractivity contribution in [3.63, 3.8) is 0 Å². The van der Waals surface area contributed by atoms with Gasteiger partial charge in [-0.15, -0.1) is 0 Å². The molecule has 0 unspecified atom stereocenters. The number of carbonyl (C=O) groups excluding carboxylic acids is 1. The highest BCUT2D eigenvalue weighted by atomic mass is 16.2. The molecule has 4 nitrogen and oxygen atoms in total. The van der Waals surface area contributed by atoms with E-state index in [1.807, 2.05) is 48.5 Å². The Morgan fingerprint density at radius 3 is 2.71 bits per heavy atom. The zero-order valence-corrected chi connectivity index (χ0v) is 13.9. The Bertz CT molecular complexity index is 825. The number of likely N-dealkylation sites (tertiary alicyclic amines) is 1. The molecule has 1 aliphatic carbocycles. The number of carbonyl (C=O) groups is 1. The molecule has 0 radical (unpaired) electrons. The fraction of sp³-hybridized carbons (Fsp3) is 0.400. The molecule has 1 aromatic heterocycles. The summed E-state index contributed by atoms with van der Waals surface area (Å²) in [5.74, 6) is 0.902. The van der Waals surface area contributed by atoms with Crippen molar-refractivity contribution in [1.82, 2.24) is 9.47 Å². The SMILES string of the molecule is CN1C[C@@H]2CCc3c(ccn(Cc4ccccc4)c3=O)[C@H]2CC1=O. The van der Waals surface area contributed by atoms with Crippen LogP contribution in [0.25, 0.3) is 0 Å². The van der Waals surface area contributed by atoms with Gasteiger partial charge in [0.05, 0.1) is 6.54 Å². The Hall–Kier alpha value is -2.36. The fourth-order valence-corrected chi connectivity index (χ4v) is 4.22. The molecule has 0 saturated carbocycles. The first-order valence-electron chi connectivity index (χ1n) is 8.63. The molecular formula is C20H22N2O2. The van der Waals surface area contributed by atoms with Gasteiger partial charge < -0.3 is 9.47 Å². The normalized spacial score (nSPS) is 22.9. The highest BCUT2D eigenvalue weighted by Crippen LogP contribution is 2.40. The largest absolute Gasteiger partial charge is 0.345 e. The lowest BCUT2D eigenvalue weighted by molar-refractivity contribution is -0.134. The van der Waals surface area contributed by atoms with Crippen molar-refractivity contribution < 1.29 is 4.79 Å². The van der Waals surface area contributed by atoms with Crippen LogP contribution in [0.3, 0.4) is 0 Å². The second-order valence-corrected chi connectivity index (χ2v) is 7.05. The quantitative estimate of drug-likeness (QED) is 0.852. The number of pyridine rings is 1. The van der Waals surface area contributed by atoms with Gasteiger partial charge in [0, 0.05) is 31.8 Å². The fourth-order valence-electron chi connectivity index (χ4n) is 4.22. The van der Waals surface area contributed by atoms with Gasteiger partial charge in [0.15, 0.2) is 0 Å². The van der Waals surface area contributed by atoms with Gasteiger partial charge in [0.25, 0.3) is 5.56 Å². The van der Waals surface area contributed by atoms with Crippen molar-refractivity contribution in [2.75, 3.05) is 13.6 Å². The molecule has 1 aromatic carbocycles. The highest BCUT2D eigenvalue weighted by Gasteiger charge is 2.37. The summed E-state index contributed by atoms with van der Waals surface area (Å²) >= 11 is 0. The molecule has 1 aliphatic heterocycles. The van der Waals surface area contributed by atoms with Crippen LogP contribution in [0.15, 0.2) is 47.4 Å². The summed E-state index contributed by atoms with van der Waals surface area (Å²) < 4.78 is 1.80. The molecule has 2 aliphatic rings. The topological polar surface area (TPSA) is 42.3 Å².